The van der Waals surface area contributed by atoms with Crippen LogP contribution in [0.1, 0.15) is 36.3 Å². The maximum absolute atomic E-state index is 13.9. The number of thioether (sulfide) groups is 1. The molecule has 1 N–H and O–H groups in total. The van der Waals surface area contributed by atoms with Gasteiger partial charge in [-0.05, 0) is 37.4 Å². The van der Waals surface area contributed by atoms with E-state index in [-0.39, 0.29) is 109 Å². The molecule has 0 aliphatic carbocycles. The maximum Gasteiger partial charge on any atom is 1.00 e. The summed E-state index contributed by atoms with van der Waals surface area (Å²) in [5.41, 5.74) is 1.74. The SMILES string of the molecule is CC(F)(F)F.CSc1cc(NC(=O)c2ccc(C)nc2N2CCC(F)(F)C(C)C2)ccn1.[CH3-].[Cs+]. The zero-order valence-electron chi connectivity index (χ0n) is 20.1. The quantitative estimate of drug-likeness (QED) is 0.322. The van der Waals surface area contributed by atoms with Gasteiger partial charge in [0.2, 0.25) is 0 Å². The van der Waals surface area contributed by atoms with E-state index in [1.54, 1.807) is 35.4 Å². The Balaban J connectivity index is 0.00000141. The fourth-order valence-corrected chi connectivity index (χ4v) is 3.45. The number of hydrogen-bond acceptors (Lipinski definition) is 5. The van der Waals surface area contributed by atoms with Crippen molar-refractivity contribution in [1.29, 1.82) is 0 Å². The van der Waals surface area contributed by atoms with E-state index in [0.717, 1.165) is 10.7 Å². The molecule has 2 aromatic heterocycles. The summed E-state index contributed by atoms with van der Waals surface area (Å²) in [6.07, 6.45) is -0.709. The molecule has 1 atom stereocenters. The van der Waals surface area contributed by atoms with Crippen molar-refractivity contribution in [2.45, 2.75) is 44.3 Å². The summed E-state index contributed by atoms with van der Waals surface area (Å²) >= 11 is 1.48. The van der Waals surface area contributed by atoms with Gasteiger partial charge in [-0.3, -0.25) is 4.79 Å². The Morgan fingerprint density at radius 2 is 1.88 bits per heavy atom. The average molecular weight is 624 g/mol. The smallest absolute Gasteiger partial charge is 0.358 e. The number of anilines is 2. The predicted octanol–water partition coefficient (Wildman–Crippen LogP) is 3.26. The molecule has 1 aliphatic rings. The third kappa shape index (κ3) is 10.7. The molecule has 1 unspecified atom stereocenters. The molecule has 0 saturated carbocycles. The first-order valence-corrected chi connectivity index (χ1v) is 11.0. The topological polar surface area (TPSA) is 58.1 Å². The van der Waals surface area contributed by atoms with E-state index < -0.39 is 18.0 Å². The van der Waals surface area contributed by atoms with Gasteiger partial charge in [0.25, 0.3) is 11.8 Å². The third-order valence-corrected chi connectivity index (χ3v) is 5.33. The summed E-state index contributed by atoms with van der Waals surface area (Å²) in [4.78, 5) is 23.3. The molecule has 0 spiro atoms. The molecule has 12 heteroatoms. The number of nitrogens with one attached hydrogen (secondary N) is 1. The van der Waals surface area contributed by atoms with Crippen molar-refractivity contribution in [3.8, 4) is 0 Å². The number of carbonyl (C=O) groups is 1. The Hall–Kier alpha value is -0.378. The molecule has 1 amide bonds. The van der Waals surface area contributed by atoms with Gasteiger partial charge in [0.05, 0.1) is 10.6 Å². The van der Waals surface area contributed by atoms with Crippen LogP contribution in [0.25, 0.3) is 0 Å². The van der Waals surface area contributed by atoms with Crippen molar-refractivity contribution in [3.05, 3.63) is 49.1 Å². The van der Waals surface area contributed by atoms with E-state index >= 15 is 0 Å². The Morgan fingerprint density at radius 3 is 2.44 bits per heavy atom. The Bertz CT molecular complexity index is 940. The van der Waals surface area contributed by atoms with Crippen LogP contribution in [0, 0.1) is 20.3 Å². The van der Waals surface area contributed by atoms with Gasteiger partial charge in [0.15, 0.2) is 0 Å². The molecule has 3 rings (SSSR count). The van der Waals surface area contributed by atoms with Crippen LogP contribution in [0.3, 0.4) is 0 Å². The first-order chi connectivity index (χ1) is 14.8. The van der Waals surface area contributed by atoms with E-state index in [2.05, 4.69) is 15.3 Å². The molecule has 184 valence electrons. The Morgan fingerprint density at radius 1 is 1.26 bits per heavy atom. The number of alkyl halides is 5. The van der Waals surface area contributed by atoms with Gasteiger partial charge in [-0.25, -0.2) is 18.7 Å². The van der Waals surface area contributed by atoms with Crippen LogP contribution >= 0.6 is 11.8 Å². The zero-order valence-corrected chi connectivity index (χ0v) is 27.2. The number of aryl methyl sites for hydroxylation is 1. The molecule has 34 heavy (non-hydrogen) atoms. The van der Waals surface area contributed by atoms with E-state index in [1.807, 2.05) is 13.2 Å². The minimum Gasteiger partial charge on any atom is -0.358 e. The molecule has 1 aliphatic heterocycles. The van der Waals surface area contributed by atoms with Crippen molar-refractivity contribution in [2.75, 3.05) is 29.6 Å². The molecular weight excluding hydrogens is 596 g/mol. The van der Waals surface area contributed by atoms with Gasteiger partial charge in [-0.15, -0.1) is 11.8 Å². The number of aromatic nitrogens is 2. The van der Waals surface area contributed by atoms with Crippen LogP contribution in [0.5, 0.6) is 0 Å². The molecule has 5 nitrogen and oxygen atoms in total. The first-order valence-electron chi connectivity index (χ1n) is 9.78. The molecule has 1 fully saturated rings. The molecule has 0 bridgehead atoms. The maximum atomic E-state index is 13.9. The number of piperidine rings is 1. The van der Waals surface area contributed by atoms with Crippen molar-refractivity contribution < 1.29 is 95.6 Å². The summed E-state index contributed by atoms with van der Waals surface area (Å²) in [5.74, 6) is -3.35. The van der Waals surface area contributed by atoms with Gasteiger partial charge in [-0.1, -0.05) is 6.92 Å². The molecule has 3 heterocycles. The van der Waals surface area contributed by atoms with E-state index in [1.165, 1.54) is 18.7 Å². The average Bonchev–Trinajstić information content (AvgIpc) is 2.69. The van der Waals surface area contributed by atoms with Crippen molar-refractivity contribution in [1.82, 2.24) is 9.97 Å². The van der Waals surface area contributed by atoms with Crippen LogP contribution in [0.4, 0.5) is 33.5 Å². The normalized spacial score (nSPS) is 16.9. The van der Waals surface area contributed by atoms with Gasteiger partial charge in [0.1, 0.15) is 5.82 Å². The summed E-state index contributed by atoms with van der Waals surface area (Å²) in [5, 5.41) is 3.65. The van der Waals surface area contributed by atoms with E-state index in [0.29, 0.717) is 17.1 Å². The number of amides is 1. The Labute approximate surface area is 260 Å². The second kappa shape index (κ2) is 14.4. The summed E-state index contributed by atoms with van der Waals surface area (Å²) in [7, 11) is 0. The summed E-state index contributed by atoms with van der Waals surface area (Å²) in [6.45, 7) is 3.87. The fourth-order valence-electron chi connectivity index (χ4n) is 3.04. The number of halogens is 5. The van der Waals surface area contributed by atoms with Crippen molar-refractivity contribution in [3.63, 3.8) is 0 Å². The molecule has 2 aromatic rings. The number of carbonyl (C=O) groups excluding carboxylic acids is 1. The number of nitrogens with zero attached hydrogens (tertiary/aromatic N) is 3. The second-order valence-corrected chi connectivity index (χ2v) is 8.33. The van der Waals surface area contributed by atoms with Crippen molar-refractivity contribution in [2.24, 2.45) is 5.92 Å². The monoisotopic (exact) mass is 624 g/mol. The first kappa shape index (κ1) is 33.6. The van der Waals surface area contributed by atoms with Gasteiger partial charge >= 0.3 is 75.1 Å². The van der Waals surface area contributed by atoms with Crippen LogP contribution in [-0.4, -0.2) is 47.3 Å². The number of hydrogen-bond donors (Lipinski definition) is 1. The molecule has 0 aromatic carbocycles. The van der Waals surface area contributed by atoms with Gasteiger partial charge in [-0.2, -0.15) is 13.2 Å². The van der Waals surface area contributed by atoms with Crippen molar-refractivity contribution >= 4 is 29.2 Å². The zero-order chi connectivity index (χ0) is 24.1. The predicted molar refractivity (Wildman–Crippen MR) is 122 cm³/mol. The van der Waals surface area contributed by atoms with Crippen LogP contribution < -0.4 is 79.1 Å². The molecular formula is C22H28CsF5N4OS. The number of rotatable bonds is 4. The van der Waals surface area contributed by atoms with E-state index in [9.17, 15) is 26.7 Å². The second-order valence-electron chi connectivity index (χ2n) is 7.50. The summed E-state index contributed by atoms with van der Waals surface area (Å²) < 4.78 is 58.8. The number of pyridine rings is 2. The van der Waals surface area contributed by atoms with Crippen LogP contribution in [-0.2, 0) is 0 Å². The Kier molecular flexibility index (Phi) is 14.2. The van der Waals surface area contributed by atoms with Crippen LogP contribution in [0.2, 0.25) is 0 Å². The summed E-state index contributed by atoms with van der Waals surface area (Å²) in [6, 6.07) is 6.94. The van der Waals surface area contributed by atoms with Crippen LogP contribution in [0.15, 0.2) is 35.5 Å². The van der Waals surface area contributed by atoms with Gasteiger partial charge in [0, 0.05) is 49.9 Å². The third-order valence-electron chi connectivity index (χ3n) is 4.69. The minimum atomic E-state index is -4.00. The van der Waals surface area contributed by atoms with Gasteiger partial charge < -0.3 is 17.6 Å². The molecule has 1 saturated heterocycles. The van der Waals surface area contributed by atoms with E-state index in [4.69, 9.17) is 0 Å². The molecule has 0 radical (unpaired) electrons. The standard InChI is InChI=1S/C19H22F2N4OS.C2H3F3.CH3.Cs/c1-12-11-25(9-7-19(12,20)21)17-15(5-4-13(2)23-17)18(26)24-14-6-8-22-16(10-14)27-3;1-2(3,4)5;;/h4-6,8,10,12H,7,9,11H2,1-3H3,(H,22,24,26);1H3;1H3;/q;;-1;+1. The largest absolute Gasteiger partial charge is 1.00 e. The fraction of sp³-hybridized carbons (Fsp3) is 0.455. The minimum absolute atomic E-state index is 0.